The molecule has 0 N–H and O–H groups in total. The van der Waals surface area contributed by atoms with Crippen molar-refractivity contribution < 1.29 is 4.79 Å². The van der Waals surface area contributed by atoms with Crippen LogP contribution in [-0.4, -0.2) is 47.9 Å². The van der Waals surface area contributed by atoms with Gasteiger partial charge in [0, 0.05) is 43.3 Å². The van der Waals surface area contributed by atoms with Crippen LogP contribution in [-0.2, 0) is 4.79 Å². The van der Waals surface area contributed by atoms with Crippen molar-refractivity contribution in [3.63, 3.8) is 0 Å². The zero-order chi connectivity index (χ0) is 17.5. The molecule has 2 fully saturated rings. The molecular weight excluding hydrogens is 332 g/mol. The summed E-state index contributed by atoms with van der Waals surface area (Å²) in [5.41, 5.74) is 0.961. The predicted molar refractivity (Wildman–Crippen MR) is 105 cm³/mol. The number of allylic oxidation sites excluding steroid dienone is 2. The van der Waals surface area contributed by atoms with E-state index in [0.29, 0.717) is 0 Å². The van der Waals surface area contributed by atoms with Crippen LogP contribution < -0.4 is 0 Å². The normalized spacial score (nSPS) is 20.6. The molecule has 4 heteroatoms. The fourth-order valence-corrected chi connectivity index (χ4v) is 3.97. The van der Waals surface area contributed by atoms with Crippen LogP contribution in [0.25, 0.3) is 6.08 Å². The number of hydrogen-bond donors (Lipinski definition) is 0. The van der Waals surface area contributed by atoms with Gasteiger partial charge < -0.3 is 4.90 Å². The van der Waals surface area contributed by atoms with E-state index in [0.717, 1.165) is 42.8 Å². The van der Waals surface area contributed by atoms with E-state index in [1.807, 2.05) is 41.3 Å². The Kier molecular flexibility index (Phi) is 6.71. The number of halogens is 1. The Morgan fingerprint density at radius 3 is 2.44 bits per heavy atom. The molecule has 1 amide bonds. The molecule has 0 aromatic heterocycles. The van der Waals surface area contributed by atoms with Gasteiger partial charge in [0.15, 0.2) is 0 Å². The smallest absolute Gasteiger partial charge is 0.246 e. The van der Waals surface area contributed by atoms with Gasteiger partial charge in [-0.1, -0.05) is 67.3 Å². The molecule has 3 nitrogen and oxygen atoms in total. The van der Waals surface area contributed by atoms with Crippen LogP contribution >= 0.6 is 11.6 Å². The largest absolute Gasteiger partial charge is 0.337 e. The topological polar surface area (TPSA) is 23.6 Å². The highest BCUT2D eigenvalue weighted by atomic mass is 35.5. The molecule has 1 aromatic carbocycles. The first-order valence-corrected chi connectivity index (χ1v) is 9.74. The molecular formula is C21H27ClN2O. The molecule has 0 atom stereocenters. The third-order valence-electron chi connectivity index (χ3n) is 5.25. The first-order chi connectivity index (χ1) is 12.2. The molecule has 1 aliphatic carbocycles. The maximum absolute atomic E-state index is 12.3. The summed E-state index contributed by atoms with van der Waals surface area (Å²) in [5, 5.41) is 0.720. The highest BCUT2D eigenvalue weighted by Gasteiger charge is 2.26. The summed E-state index contributed by atoms with van der Waals surface area (Å²) in [7, 11) is 0. The molecule has 3 rings (SSSR count). The maximum atomic E-state index is 12.3. The van der Waals surface area contributed by atoms with E-state index in [1.165, 1.54) is 32.1 Å². The summed E-state index contributed by atoms with van der Waals surface area (Å²) >= 11 is 6.11. The Morgan fingerprint density at radius 1 is 1.00 bits per heavy atom. The Balaban J connectivity index is 1.45. The summed E-state index contributed by atoms with van der Waals surface area (Å²) in [5.74, 6) is 0.104. The van der Waals surface area contributed by atoms with Gasteiger partial charge in [-0.3, -0.25) is 9.69 Å². The van der Waals surface area contributed by atoms with E-state index >= 15 is 0 Å². The molecule has 1 saturated heterocycles. The van der Waals surface area contributed by atoms with Gasteiger partial charge in [-0.25, -0.2) is 0 Å². The average molecular weight is 359 g/mol. The highest BCUT2D eigenvalue weighted by Crippen LogP contribution is 2.23. The van der Waals surface area contributed by atoms with Crippen LogP contribution in [0.1, 0.15) is 37.7 Å². The monoisotopic (exact) mass is 358 g/mol. The van der Waals surface area contributed by atoms with E-state index in [9.17, 15) is 4.79 Å². The molecule has 2 aliphatic rings. The van der Waals surface area contributed by atoms with Crippen LogP contribution in [0.2, 0.25) is 5.02 Å². The van der Waals surface area contributed by atoms with Gasteiger partial charge in [0.2, 0.25) is 5.91 Å². The highest BCUT2D eigenvalue weighted by molar-refractivity contribution is 6.32. The second-order valence-electron chi connectivity index (χ2n) is 6.89. The standard InChI is InChI=1S/C21H27ClN2O/c22-20-12-6-4-8-18(20)9-5-7-13-21(25)24-16-14-23(15-17-24)19-10-2-1-3-11-19/h4-9,12-13,19H,1-3,10-11,14-17H2/b9-5+,13-7+. The molecule has 0 radical (unpaired) electrons. The van der Waals surface area contributed by atoms with Crippen molar-refractivity contribution >= 4 is 23.6 Å². The second kappa shape index (κ2) is 9.21. The Hall–Kier alpha value is -1.58. The van der Waals surface area contributed by atoms with Gasteiger partial charge in [-0.05, 0) is 24.5 Å². The third-order valence-corrected chi connectivity index (χ3v) is 5.59. The lowest BCUT2D eigenvalue weighted by Gasteiger charge is -2.40. The fourth-order valence-electron chi connectivity index (χ4n) is 3.77. The van der Waals surface area contributed by atoms with Gasteiger partial charge >= 0.3 is 0 Å². The Labute approximate surface area is 155 Å². The molecule has 0 unspecified atom stereocenters. The van der Waals surface area contributed by atoms with Crippen molar-refractivity contribution in [2.24, 2.45) is 0 Å². The lowest BCUT2D eigenvalue weighted by molar-refractivity contribution is -0.128. The lowest BCUT2D eigenvalue weighted by atomic mass is 9.94. The lowest BCUT2D eigenvalue weighted by Crippen LogP contribution is -2.52. The molecule has 1 heterocycles. The minimum absolute atomic E-state index is 0.104. The SMILES string of the molecule is O=C(/C=C/C=C/c1ccccc1Cl)N1CCN(C2CCCCC2)CC1. The molecule has 1 saturated carbocycles. The maximum Gasteiger partial charge on any atom is 0.246 e. The number of rotatable bonds is 4. The summed E-state index contributed by atoms with van der Waals surface area (Å²) in [6.07, 6.45) is 14.0. The Bertz CT molecular complexity index is 627. The number of hydrogen-bond acceptors (Lipinski definition) is 2. The zero-order valence-corrected chi connectivity index (χ0v) is 15.5. The summed E-state index contributed by atoms with van der Waals surface area (Å²) in [4.78, 5) is 16.9. The van der Waals surface area contributed by atoms with E-state index in [4.69, 9.17) is 11.6 Å². The minimum atomic E-state index is 0.104. The number of nitrogens with zero attached hydrogens (tertiary/aromatic N) is 2. The summed E-state index contributed by atoms with van der Waals surface area (Å²) in [6, 6.07) is 8.43. The van der Waals surface area contributed by atoms with Crippen LogP contribution in [0, 0.1) is 0 Å². The van der Waals surface area contributed by atoms with E-state index < -0.39 is 0 Å². The fraction of sp³-hybridized carbons (Fsp3) is 0.476. The van der Waals surface area contributed by atoms with Crippen LogP contribution in [0.15, 0.2) is 42.5 Å². The molecule has 1 aliphatic heterocycles. The molecule has 134 valence electrons. The third kappa shape index (κ3) is 5.20. The van der Waals surface area contributed by atoms with Crippen molar-refractivity contribution in [3.05, 3.63) is 53.1 Å². The second-order valence-corrected chi connectivity index (χ2v) is 7.30. The van der Waals surface area contributed by atoms with Crippen molar-refractivity contribution in [3.8, 4) is 0 Å². The Morgan fingerprint density at radius 2 is 1.72 bits per heavy atom. The van der Waals surface area contributed by atoms with Crippen molar-refractivity contribution in [2.45, 2.75) is 38.1 Å². The number of carbonyl (C=O) groups excluding carboxylic acids is 1. The summed E-state index contributed by atoms with van der Waals surface area (Å²) < 4.78 is 0. The average Bonchev–Trinajstić information content (AvgIpc) is 2.67. The van der Waals surface area contributed by atoms with Gasteiger partial charge in [0.1, 0.15) is 0 Å². The quantitative estimate of drug-likeness (QED) is 0.588. The van der Waals surface area contributed by atoms with Gasteiger partial charge in [-0.15, -0.1) is 0 Å². The summed E-state index contributed by atoms with van der Waals surface area (Å²) in [6.45, 7) is 3.71. The van der Waals surface area contributed by atoms with E-state index in [2.05, 4.69) is 4.90 Å². The first kappa shape index (κ1) is 18.2. The number of carbonyl (C=O) groups is 1. The zero-order valence-electron chi connectivity index (χ0n) is 14.7. The molecule has 1 aromatic rings. The van der Waals surface area contributed by atoms with Crippen LogP contribution in [0.5, 0.6) is 0 Å². The van der Waals surface area contributed by atoms with Crippen LogP contribution in [0.3, 0.4) is 0 Å². The number of piperazine rings is 1. The van der Waals surface area contributed by atoms with E-state index in [1.54, 1.807) is 12.2 Å². The molecule has 0 bridgehead atoms. The van der Waals surface area contributed by atoms with Gasteiger partial charge in [0.25, 0.3) is 0 Å². The van der Waals surface area contributed by atoms with E-state index in [-0.39, 0.29) is 5.91 Å². The minimum Gasteiger partial charge on any atom is -0.337 e. The van der Waals surface area contributed by atoms with Gasteiger partial charge in [-0.2, -0.15) is 0 Å². The van der Waals surface area contributed by atoms with Gasteiger partial charge in [0.05, 0.1) is 0 Å². The van der Waals surface area contributed by atoms with Crippen LogP contribution in [0.4, 0.5) is 0 Å². The number of benzene rings is 1. The predicted octanol–water partition coefficient (Wildman–Crippen LogP) is 4.39. The van der Waals surface area contributed by atoms with Crippen molar-refractivity contribution in [2.75, 3.05) is 26.2 Å². The number of amides is 1. The first-order valence-electron chi connectivity index (χ1n) is 9.36. The van der Waals surface area contributed by atoms with Crippen molar-refractivity contribution in [1.29, 1.82) is 0 Å². The molecule has 0 spiro atoms. The van der Waals surface area contributed by atoms with Crippen molar-refractivity contribution in [1.82, 2.24) is 9.80 Å². The molecule has 25 heavy (non-hydrogen) atoms.